The lowest BCUT2D eigenvalue weighted by Gasteiger charge is -2.30. The van der Waals surface area contributed by atoms with E-state index in [9.17, 15) is 9.90 Å². The third-order valence-electron chi connectivity index (χ3n) is 5.01. The molecule has 1 atom stereocenters. The fraction of sp³-hybridized carbons (Fsp3) is 0.647. The number of nitrogens with zero attached hydrogens (tertiary/aromatic N) is 2. The van der Waals surface area contributed by atoms with Crippen LogP contribution in [0, 0.1) is 5.92 Å². The SMILES string of the molecule is CCc1cc(C(=O)O)cc(N2CCCC2C2CCCC2)n1. The van der Waals surface area contributed by atoms with Crippen LogP contribution in [0.5, 0.6) is 0 Å². The summed E-state index contributed by atoms with van der Waals surface area (Å²) in [5.41, 5.74) is 1.25. The van der Waals surface area contributed by atoms with Crippen LogP contribution in [0.25, 0.3) is 0 Å². The first-order chi connectivity index (χ1) is 10.2. The Labute approximate surface area is 126 Å². The first-order valence-corrected chi connectivity index (χ1v) is 8.20. The summed E-state index contributed by atoms with van der Waals surface area (Å²) in [6.45, 7) is 3.04. The minimum Gasteiger partial charge on any atom is -0.478 e. The van der Waals surface area contributed by atoms with E-state index in [-0.39, 0.29) is 0 Å². The van der Waals surface area contributed by atoms with Crippen molar-refractivity contribution in [2.75, 3.05) is 11.4 Å². The van der Waals surface area contributed by atoms with Crippen molar-refractivity contribution < 1.29 is 9.90 Å². The largest absolute Gasteiger partial charge is 0.478 e. The maximum absolute atomic E-state index is 11.3. The van der Waals surface area contributed by atoms with Crippen LogP contribution in [0.15, 0.2) is 12.1 Å². The molecule has 1 saturated carbocycles. The molecule has 3 rings (SSSR count). The minimum absolute atomic E-state index is 0.369. The van der Waals surface area contributed by atoms with Gasteiger partial charge in [0, 0.05) is 18.3 Å². The topological polar surface area (TPSA) is 53.4 Å². The predicted octanol–water partition coefficient (Wildman–Crippen LogP) is 3.50. The third-order valence-corrected chi connectivity index (χ3v) is 5.01. The molecule has 4 heteroatoms. The van der Waals surface area contributed by atoms with E-state index in [1.54, 1.807) is 12.1 Å². The standard InChI is InChI=1S/C17H24N2O2/c1-2-14-10-13(17(20)21)11-16(18-14)19-9-5-8-15(19)12-6-3-4-7-12/h10-12,15H,2-9H2,1H3,(H,20,21). The number of aromatic carboxylic acids is 1. The van der Waals surface area contributed by atoms with Gasteiger partial charge in [-0.1, -0.05) is 19.8 Å². The molecule has 1 aromatic rings. The van der Waals surface area contributed by atoms with Crippen LogP contribution < -0.4 is 4.90 Å². The highest BCUT2D eigenvalue weighted by Gasteiger charge is 2.34. The Kier molecular flexibility index (Phi) is 4.13. The molecule has 2 aliphatic rings. The van der Waals surface area contributed by atoms with Crippen LogP contribution in [0.4, 0.5) is 5.82 Å². The number of carboxylic acid groups (broad SMARTS) is 1. The van der Waals surface area contributed by atoms with E-state index in [4.69, 9.17) is 4.98 Å². The summed E-state index contributed by atoms with van der Waals surface area (Å²) in [6.07, 6.45) is 8.53. The van der Waals surface area contributed by atoms with Crippen molar-refractivity contribution in [3.63, 3.8) is 0 Å². The molecule has 2 fully saturated rings. The number of aromatic nitrogens is 1. The molecule has 1 saturated heterocycles. The van der Waals surface area contributed by atoms with Crippen molar-refractivity contribution in [3.8, 4) is 0 Å². The van der Waals surface area contributed by atoms with Gasteiger partial charge in [-0.3, -0.25) is 0 Å². The average Bonchev–Trinajstić information content (AvgIpc) is 3.16. The average molecular weight is 288 g/mol. The van der Waals surface area contributed by atoms with Crippen molar-refractivity contribution in [3.05, 3.63) is 23.4 Å². The molecule has 1 unspecified atom stereocenters. The Morgan fingerprint density at radius 1 is 1.29 bits per heavy atom. The van der Waals surface area contributed by atoms with Crippen molar-refractivity contribution >= 4 is 11.8 Å². The maximum atomic E-state index is 11.3. The summed E-state index contributed by atoms with van der Waals surface area (Å²) >= 11 is 0. The fourth-order valence-corrected chi connectivity index (χ4v) is 3.93. The molecule has 0 spiro atoms. The normalized spacial score (nSPS) is 22.9. The van der Waals surface area contributed by atoms with E-state index >= 15 is 0 Å². The number of pyridine rings is 1. The Balaban J connectivity index is 1.90. The van der Waals surface area contributed by atoms with Gasteiger partial charge in [0.1, 0.15) is 5.82 Å². The lowest BCUT2D eigenvalue weighted by Crippen LogP contribution is -2.35. The number of carboxylic acids is 1. The van der Waals surface area contributed by atoms with Crippen LogP contribution in [0.2, 0.25) is 0 Å². The zero-order valence-electron chi connectivity index (χ0n) is 12.7. The minimum atomic E-state index is -0.857. The van der Waals surface area contributed by atoms with Crippen molar-refractivity contribution in [1.29, 1.82) is 0 Å². The summed E-state index contributed by atoms with van der Waals surface area (Å²) in [5, 5.41) is 9.30. The van der Waals surface area contributed by atoms with Gasteiger partial charge in [0.05, 0.1) is 5.56 Å². The van der Waals surface area contributed by atoms with Crippen molar-refractivity contribution in [1.82, 2.24) is 4.98 Å². The second kappa shape index (κ2) is 6.04. The highest BCUT2D eigenvalue weighted by atomic mass is 16.4. The zero-order chi connectivity index (χ0) is 14.8. The number of hydrogen-bond donors (Lipinski definition) is 1. The van der Waals surface area contributed by atoms with Crippen LogP contribution >= 0.6 is 0 Å². The van der Waals surface area contributed by atoms with Crippen molar-refractivity contribution in [2.24, 2.45) is 5.92 Å². The quantitative estimate of drug-likeness (QED) is 0.921. The smallest absolute Gasteiger partial charge is 0.335 e. The Bertz CT molecular complexity index is 524. The fourth-order valence-electron chi connectivity index (χ4n) is 3.93. The summed E-state index contributed by atoms with van der Waals surface area (Å²) in [4.78, 5) is 18.4. The molecule has 21 heavy (non-hydrogen) atoms. The second-order valence-corrected chi connectivity index (χ2v) is 6.31. The van der Waals surface area contributed by atoms with Crippen LogP contribution in [-0.2, 0) is 6.42 Å². The van der Waals surface area contributed by atoms with Crippen LogP contribution in [-0.4, -0.2) is 28.6 Å². The van der Waals surface area contributed by atoms with Gasteiger partial charge < -0.3 is 10.0 Å². The van der Waals surface area contributed by atoms with Gasteiger partial charge in [-0.25, -0.2) is 9.78 Å². The lowest BCUT2D eigenvalue weighted by molar-refractivity contribution is 0.0696. The molecular weight excluding hydrogens is 264 g/mol. The van der Waals surface area contributed by atoms with E-state index < -0.39 is 5.97 Å². The van der Waals surface area contributed by atoms with E-state index in [1.165, 1.54) is 38.5 Å². The highest BCUT2D eigenvalue weighted by molar-refractivity contribution is 5.88. The molecule has 1 aliphatic heterocycles. The molecule has 1 N–H and O–H groups in total. The van der Waals surface area contributed by atoms with Crippen LogP contribution in [0.1, 0.15) is 61.5 Å². The monoisotopic (exact) mass is 288 g/mol. The lowest BCUT2D eigenvalue weighted by atomic mass is 9.96. The van der Waals surface area contributed by atoms with Gasteiger partial charge in [-0.15, -0.1) is 0 Å². The highest BCUT2D eigenvalue weighted by Crippen LogP contribution is 2.37. The molecule has 1 aromatic heterocycles. The third kappa shape index (κ3) is 2.89. The molecule has 4 nitrogen and oxygen atoms in total. The molecular formula is C17H24N2O2. The number of hydrogen-bond acceptors (Lipinski definition) is 3. The number of carbonyl (C=O) groups is 1. The zero-order valence-corrected chi connectivity index (χ0v) is 12.7. The Morgan fingerprint density at radius 3 is 2.71 bits per heavy atom. The van der Waals surface area contributed by atoms with Crippen LogP contribution in [0.3, 0.4) is 0 Å². The van der Waals surface area contributed by atoms with E-state index in [1.807, 2.05) is 6.92 Å². The molecule has 0 amide bonds. The second-order valence-electron chi connectivity index (χ2n) is 6.31. The van der Waals surface area contributed by atoms with Gasteiger partial charge in [-0.2, -0.15) is 0 Å². The van der Waals surface area contributed by atoms with Gasteiger partial charge in [0.25, 0.3) is 0 Å². The van der Waals surface area contributed by atoms with Gasteiger partial charge >= 0.3 is 5.97 Å². The maximum Gasteiger partial charge on any atom is 0.335 e. The van der Waals surface area contributed by atoms with Gasteiger partial charge in [0.15, 0.2) is 0 Å². The summed E-state index contributed by atoms with van der Waals surface area (Å²) in [7, 11) is 0. The van der Waals surface area contributed by atoms with E-state index in [0.717, 1.165) is 30.4 Å². The number of aryl methyl sites for hydroxylation is 1. The first-order valence-electron chi connectivity index (χ1n) is 8.20. The Hall–Kier alpha value is -1.58. The van der Waals surface area contributed by atoms with E-state index in [2.05, 4.69) is 4.90 Å². The van der Waals surface area contributed by atoms with Crippen molar-refractivity contribution in [2.45, 2.75) is 57.9 Å². The van der Waals surface area contributed by atoms with E-state index in [0.29, 0.717) is 11.6 Å². The molecule has 114 valence electrons. The summed E-state index contributed by atoms with van der Waals surface area (Å²) in [6, 6.07) is 4.02. The van der Waals surface area contributed by atoms with Gasteiger partial charge in [0.2, 0.25) is 0 Å². The van der Waals surface area contributed by atoms with Gasteiger partial charge in [-0.05, 0) is 50.2 Å². The molecule has 0 bridgehead atoms. The number of rotatable bonds is 4. The Morgan fingerprint density at radius 2 is 2.05 bits per heavy atom. The number of anilines is 1. The molecule has 1 aliphatic carbocycles. The summed E-state index contributed by atoms with van der Waals surface area (Å²) < 4.78 is 0. The molecule has 2 heterocycles. The molecule has 0 aromatic carbocycles. The molecule has 0 radical (unpaired) electrons. The summed E-state index contributed by atoms with van der Waals surface area (Å²) in [5.74, 6) is 0.791. The first kappa shape index (κ1) is 14.4. The predicted molar refractivity (Wildman–Crippen MR) is 82.9 cm³/mol.